The zero-order valence-electron chi connectivity index (χ0n) is 11.1. The second-order valence-corrected chi connectivity index (χ2v) is 7.17. The lowest BCUT2D eigenvalue weighted by Gasteiger charge is -2.09. The Kier molecular flexibility index (Phi) is 4.25. The Morgan fingerprint density at radius 1 is 1.05 bits per heavy atom. The van der Waals surface area contributed by atoms with Crippen LogP contribution >= 0.6 is 0 Å². The fourth-order valence-corrected chi connectivity index (χ4v) is 3.23. The van der Waals surface area contributed by atoms with Crippen LogP contribution in [-0.4, -0.2) is 32.5 Å². The first-order chi connectivity index (χ1) is 10.1. The van der Waals surface area contributed by atoms with Crippen LogP contribution in [0.3, 0.4) is 0 Å². The van der Waals surface area contributed by atoms with Gasteiger partial charge in [-0.3, -0.25) is 9.11 Å². The van der Waals surface area contributed by atoms with Crippen LogP contribution in [0, 0.1) is 0 Å². The van der Waals surface area contributed by atoms with Crippen LogP contribution in [0.4, 0.5) is 0 Å². The van der Waals surface area contributed by atoms with Gasteiger partial charge < -0.3 is 4.74 Å². The standard InChI is InChI=1S/C13H12O7S2/c1-2-5-20-10-4-3-9-6-11(21(14,15)16)8-13(12(9)7-10)22(17,18)19/h2-4,6-8H,1,5H2,(H,14,15,16)(H,17,18,19). The summed E-state index contributed by atoms with van der Waals surface area (Å²) in [4.78, 5) is -1.27. The van der Waals surface area contributed by atoms with Crippen molar-refractivity contribution >= 4 is 31.0 Å². The molecule has 2 aromatic rings. The molecule has 0 amide bonds. The van der Waals surface area contributed by atoms with E-state index < -0.39 is 30.0 Å². The molecule has 9 heteroatoms. The number of ether oxygens (including phenoxy) is 1. The minimum Gasteiger partial charge on any atom is -0.490 e. The first-order valence-electron chi connectivity index (χ1n) is 5.89. The van der Waals surface area contributed by atoms with Crippen LogP contribution < -0.4 is 4.74 Å². The summed E-state index contributed by atoms with van der Waals surface area (Å²) in [5.41, 5.74) is 0. The molecule has 118 valence electrons. The molecule has 0 bridgehead atoms. The van der Waals surface area contributed by atoms with Crippen LogP contribution in [0.15, 0.2) is 52.8 Å². The molecule has 2 rings (SSSR count). The number of fused-ring (bicyclic) bond motifs is 1. The normalized spacial score (nSPS) is 12.3. The zero-order valence-corrected chi connectivity index (χ0v) is 12.8. The van der Waals surface area contributed by atoms with E-state index in [2.05, 4.69) is 6.58 Å². The summed E-state index contributed by atoms with van der Waals surface area (Å²) < 4.78 is 69.0. The van der Waals surface area contributed by atoms with Gasteiger partial charge in [0, 0.05) is 5.39 Å². The van der Waals surface area contributed by atoms with Crippen LogP contribution in [0.25, 0.3) is 10.8 Å². The number of hydrogen-bond acceptors (Lipinski definition) is 5. The monoisotopic (exact) mass is 344 g/mol. The van der Waals surface area contributed by atoms with Gasteiger partial charge in [-0.05, 0) is 29.7 Å². The van der Waals surface area contributed by atoms with E-state index in [-0.39, 0.29) is 17.4 Å². The van der Waals surface area contributed by atoms with E-state index in [1.807, 2.05) is 0 Å². The number of hydrogen-bond donors (Lipinski definition) is 2. The van der Waals surface area contributed by atoms with E-state index in [1.165, 1.54) is 24.3 Å². The topological polar surface area (TPSA) is 118 Å². The predicted octanol–water partition coefficient (Wildman–Crippen LogP) is 1.90. The van der Waals surface area contributed by atoms with Crippen LogP contribution in [0.2, 0.25) is 0 Å². The van der Waals surface area contributed by atoms with Crippen LogP contribution in [-0.2, 0) is 20.2 Å². The average Bonchev–Trinajstić information content (AvgIpc) is 2.41. The van der Waals surface area contributed by atoms with Gasteiger partial charge in [-0.15, -0.1) is 0 Å². The molecule has 0 unspecified atom stereocenters. The van der Waals surface area contributed by atoms with Gasteiger partial charge in [-0.25, -0.2) is 0 Å². The third-order valence-corrected chi connectivity index (χ3v) is 4.53. The fraction of sp³-hybridized carbons (Fsp3) is 0.0769. The molecule has 7 nitrogen and oxygen atoms in total. The minimum absolute atomic E-state index is 0.0662. The van der Waals surface area contributed by atoms with Gasteiger partial charge in [0.05, 0.1) is 4.90 Å². The van der Waals surface area contributed by atoms with Crippen molar-refractivity contribution in [1.29, 1.82) is 0 Å². The molecule has 0 aliphatic heterocycles. The molecule has 2 N–H and O–H groups in total. The van der Waals surface area contributed by atoms with E-state index in [4.69, 9.17) is 9.29 Å². The molecule has 22 heavy (non-hydrogen) atoms. The summed E-state index contributed by atoms with van der Waals surface area (Å²) in [5.74, 6) is 0.317. The predicted molar refractivity (Wildman–Crippen MR) is 79.3 cm³/mol. The maximum absolute atomic E-state index is 11.5. The maximum atomic E-state index is 11.5. The Morgan fingerprint density at radius 2 is 1.73 bits per heavy atom. The molecule has 0 aliphatic carbocycles. The summed E-state index contributed by atoms with van der Waals surface area (Å²) in [6, 6.07) is 6.03. The fourth-order valence-electron chi connectivity index (χ4n) is 1.88. The van der Waals surface area contributed by atoms with Crippen molar-refractivity contribution in [3.8, 4) is 5.75 Å². The summed E-state index contributed by atoms with van der Waals surface area (Å²) in [6.07, 6.45) is 1.50. The molecule has 0 heterocycles. The SMILES string of the molecule is C=CCOc1ccc2cc(S(=O)(=O)O)cc(S(=O)(=O)O)c2c1. The van der Waals surface area contributed by atoms with Gasteiger partial charge in [-0.1, -0.05) is 18.7 Å². The van der Waals surface area contributed by atoms with Gasteiger partial charge in [0.25, 0.3) is 20.2 Å². The third kappa shape index (κ3) is 3.45. The highest BCUT2D eigenvalue weighted by Crippen LogP contribution is 2.30. The van der Waals surface area contributed by atoms with Gasteiger partial charge in [0.1, 0.15) is 17.3 Å². The van der Waals surface area contributed by atoms with E-state index in [0.29, 0.717) is 11.8 Å². The molecule has 0 saturated carbocycles. The molecule has 0 fully saturated rings. The number of benzene rings is 2. The molecular formula is C13H12O7S2. The molecule has 0 atom stereocenters. The maximum Gasteiger partial charge on any atom is 0.295 e. The molecule has 0 saturated heterocycles. The lowest BCUT2D eigenvalue weighted by Crippen LogP contribution is -2.04. The average molecular weight is 344 g/mol. The highest BCUT2D eigenvalue weighted by Gasteiger charge is 2.20. The van der Waals surface area contributed by atoms with E-state index in [9.17, 15) is 21.4 Å². The van der Waals surface area contributed by atoms with E-state index in [1.54, 1.807) is 0 Å². The van der Waals surface area contributed by atoms with Gasteiger partial charge >= 0.3 is 0 Å². The van der Waals surface area contributed by atoms with Crippen LogP contribution in [0.1, 0.15) is 0 Å². The van der Waals surface area contributed by atoms with Crippen molar-refractivity contribution in [3.05, 3.63) is 43.0 Å². The third-order valence-electron chi connectivity index (χ3n) is 2.80. The lowest BCUT2D eigenvalue weighted by atomic mass is 10.1. The Labute approximate surface area is 127 Å². The molecular weight excluding hydrogens is 332 g/mol. The molecule has 0 aliphatic rings. The Hall–Kier alpha value is -1.94. The Balaban J connectivity index is 2.80. The lowest BCUT2D eigenvalue weighted by molar-refractivity contribution is 0.364. The molecule has 0 spiro atoms. The van der Waals surface area contributed by atoms with Crippen molar-refractivity contribution in [1.82, 2.24) is 0 Å². The van der Waals surface area contributed by atoms with Crippen molar-refractivity contribution in [3.63, 3.8) is 0 Å². The van der Waals surface area contributed by atoms with Crippen LogP contribution in [0.5, 0.6) is 5.75 Å². The molecule has 2 aromatic carbocycles. The zero-order chi connectivity index (χ0) is 16.5. The second kappa shape index (κ2) is 5.69. The number of rotatable bonds is 5. The smallest absolute Gasteiger partial charge is 0.295 e. The first-order valence-corrected chi connectivity index (χ1v) is 8.77. The summed E-state index contributed by atoms with van der Waals surface area (Å²) in [5, 5.41) is 0.269. The van der Waals surface area contributed by atoms with Gasteiger partial charge in [-0.2, -0.15) is 16.8 Å². The minimum atomic E-state index is -4.70. The Morgan fingerprint density at radius 3 is 2.27 bits per heavy atom. The second-order valence-electron chi connectivity index (χ2n) is 4.35. The van der Waals surface area contributed by atoms with Gasteiger partial charge in [0.2, 0.25) is 0 Å². The van der Waals surface area contributed by atoms with E-state index in [0.717, 1.165) is 6.07 Å². The van der Waals surface area contributed by atoms with Gasteiger partial charge in [0.15, 0.2) is 0 Å². The quantitative estimate of drug-likeness (QED) is 0.628. The summed E-state index contributed by atoms with van der Waals surface area (Å²) in [7, 11) is -9.32. The molecule has 0 aromatic heterocycles. The largest absolute Gasteiger partial charge is 0.490 e. The highest BCUT2D eigenvalue weighted by molar-refractivity contribution is 7.86. The summed E-state index contributed by atoms with van der Waals surface area (Å²) >= 11 is 0. The van der Waals surface area contributed by atoms with Crippen molar-refractivity contribution < 1.29 is 30.7 Å². The Bertz CT molecular complexity index is 944. The van der Waals surface area contributed by atoms with Crippen molar-refractivity contribution in [2.75, 3.05) is 6.61 Å². The molecule has 0 radical (unpaired) electrons. The highest BCUT2D eigenvalue weighted by atomic mass is 32.2. The summed E-state index contributed by atoms with van der Waals surface area (Å²) in [6.45, 7) is 3.67. The van der Waals surface area contributed by atoms with E-state index >= 15 is 0 Å². The van der Waals surface area contributed by atoms with Crippen molar-refractivity contribution in [2.24, 2.45) is 0 Å². The first kappa shape index (κ1) is 16.4. The van der Waals surface area contributed by atoms with Crippen molar-refractivity contribution in [2.45, 2.75) is 9.79 Å².